The van der Waals surface area contributed by atoms with Crippen molar-refractivity contribution in [1.82, 2.24) is 0 Å². The fraction of sp³-hybridized carbons (Fsp3) is 0.923. The number of carbonyl (C=O) groups is 1. The van der Waals surface area contributed by atoms with Crippen LogP contribution in [-0.2, 0) is 9.53 Å². The normalized spacial score (nSPS) is 26.7. The van der Waals surface area contributed by atoms with Crippen LogP contribution < -0.4 is 0 Å². The summed E-state index contributed by atoms with van der Waals surface area (Å²) in [6.45, 7) is 5.36. The molecule has 0 amide bonds. The Balaban J connectivity index is 2.21. The van der Waals surface area contributed by atoms with E-state index in [1.807, 2.05) is 13.8 Å². The van der Waals surface area contributed by atoms with Crippen LogP contribution in [0.1, 0.15) is 39.5 Å². The Labute approximate surface area is 97.2 Å². The summed E-state index contributed by atoms with van der Waals surface area (Å²) in [5.74, 6) is -0.0960. The SMILES string of the molecule is CC(C)C(C(=O)O)C1(C2CCCC2)COC1. The second-order valence-corrected chi connectivity index (χ2v) is 5.77. The summed E-state index contributed by atoms with van der Waals surface area (Å²) in [6, 6.07) is 0. The topological polar surface area (TPSA) is 46.5 Å². The molecule has 0 spiro atoms. The zero-order valence-electron chi connectivity index (χ0n) is 10.2. The average molecular weight is 226 g/mol. The van der Waals surface area contributed by atoms with Gasteiger partial charge in [-0.05, 0) is 24.7 Å². The van der Waals surface area contributed by atoms with Gasteiger partial charge in [-0.3, -0.25) is 4.79 Å². The molecule has 2 fully saturated rings. The molecule has 1 aliphatic carbocycles. The highest BCUT2D eigenvalue weighted by Crippen LogP contribution is 2.51. The lowest BCUT2D eigenvalue weighted by atomic mass is 9.61. The summed E-state index contributed by atoms with van der Waals surface area (Å²) >= 11 is 0. The van der Waals surface area contributed by atoms with Crippen LogP contribution in [0, 0.1) is 23.2 Å². The van der Waals surface area contributed by atoms with Crippen molar-refractivity contribution >= 4 is 5.97 Å². The number of ether oxygens (including phenoxy) is 1. The summed E-state index contributed by atoms with van der Waals surface area (Å²) in [5, 5.41) is 9.45. The smallest absolute Gasteiger partial charge is 0.307 e. The first-order valence-corrected chi connectivity index (χ1v) is 6.38. The minimum Gasteiger partial charge on any atom is -0.481 e. The second-order valence-electron chi connectivity index (χ2n) is 5.77. The van der Waals surface area contributed by atoms with Gasteiger partial charge in [0.2, 0.25) is 0 Å². The van der Waals surface area contributed by atoms with Crippen molar-refractivity contribution in [3.63, 3.8) is 0 Å². The van der Waals surface area contributed by atoms with Crippen molar-refractivity contribution < 1.29 is 14.6 Å². The molecule has 0 aromatic heterocycles. The van der Waals surface area contributed by atoms with Crippen molar-refractivity contribution in [2.45, 2.75) is 39.5 Å². The molecule has 1 saturated carbocycles. The highest BCUT2D eigenvalue weighted by atomic mass is 16.5. The number of hydrogen-bond acceptors (Lipinski definition) is 2. The molecule has 2 rings (SSSR count). The van der Waals surface area contributed by atoms with Crippen molar-refractivity contribution in [2.24, 2.45) is 23.2 Å². The average Bonchev–Trinajstić information content (AvgIpc) is 2.61. The molecule has 1 saturated heterocycles. The van der Waals surface area contributed by atoms with E-state index in [4.69, 9.17) is 4.74 Å². The van der Waals surface area contributed by atoms with Crippen LogP contribution in [0.2, 0.25) is 0 Å². The van der Waals surface area contributed by atoms with Crippen LogP contribution in [0.25, 0.3) is 0 Å². The molecule has 2 aliphatic rings. The first-order chi connectivity index (χ1) is 7.58. The lowest BCUT2D eigenvalue weighted by Crippen LogP contribution is -2.56. The Morgan fingerprint density at radius 1 is 1.31 bits per heavy atom. The van der Waals surface area contributed by atoms with Gasteiger partial charge < -0.3 is 9.84 Å². The molecule has 92 valence electrons. The predicted molar refractivity (Wildman–Crippen MR) is 61.2 cm³/mol. The largest absolute Gasteiger partial charge is 0.481 e. The third-order valence-corrected chi connectivity index (χ3v) is 4.46. The third-order valence-electron chi connectivity index (χ3n) is 4.46. The Morgan fingerprint density at radius 3 is 2.19 bits per heavy atom. The highest BCUT2D eigenvalue weighted by Gasteiger charge is 2.55. The monoisotopic (exact) mass is 226 g/mol. The van der Waals surface area contributed by atoms with E-state index in [0.29, 0.717) is 19.1 Å². The van der Waals surface area contributed by atoms with E-state index < -0.39 is 5.97 Å². The van der Waals surface area contributed by atoms with Gasteiger partial charge in [0.1, 0.15) is 0 Å². The van der Waals surface area contributed by atoms with Gasteiger partial charge in [-0.25, -0.2) is 0 Å². The molecule has 1 unspecified atom stereocenters. The quantitative estimate of drug-likeness (QED) is 0.801. The van der Waals surface area contributed by atoms with Gasteiger partial charge >= 0.3 is 5.97 Å². The van der Waals surface area contributed by atoms with Gasteiger partial charge in [0, 0.05) is 5.41 Å². The number of carboxylic acids is 1. The van der Waals surface area contributed by atoms with Crippen LogP contribution >= 0.6 is 0 Å². The summed E-state index contributed by atoms with van der Waals surface area (Å²) in [5.41, 5.74) is -0.0590. The molecule has 1 heterocycles. The Morgan fingerprint density at radius 2 is 1.88 bits per heavy atom. The molecule has 0 radical (unpaired) electrons. The maximum Gasteiger partial charge on any atom is 0.307 e. The Hall–Kier alpha value is -0.570. The zero-order chi connectivity index (χ0) is 11.8. The van der Waals surface area contributed by atoms with Gasteiger partial charge in [-0.1, -0.05) is 26.7 Å². The predicted octanol–water partition coefficient (Wildman–Crippen LogP) is 2.55. The Kier molecular flexibility index (Phi) is 3.24. The van der Waals surface area contributed by atoms with E-state index in [9.17, 15) is 9.90 Å². The molecule has 3 heteroatoms. The summed E-state index contributed by atoms with van der Waals surface area (Å²) in [7, 11) is 0. The Bertz CT molecular complexity index is 262. The van der Waals surface area contributed by atoms with E-state index >= 15 is 0 Å². The van der Waals surface area contributed by atoms with Crippen molar-refractivity contribution in [1.29, 1.82) is 0 Å². The van der Waals surface area contributed by atoms with Crippen LogP contribution in [0.3, 0.4) is 0 Å². The summed E-state index contributed by atoms with van der Waals surface area (Å²) in [6.07, 6.45) is 4.91. The summed E-state index contributed by atoms with van der Waals surface area (Å²) < 4.78 is 5.37. The lowest BCUT2D eigenvalue weighted by molar-refractivity contribution is -0.200. The van der Waals surface area contributed by atoms with Crippen LogP contribution in [0.15, 0.2) is 0 Å². The molecule has 0 aromatic rings. The van der Waals surface area contributed by atoms with Crippen molar-refractivity contribution in [2.75, 3.05) is 13.2 Å². The van der Waals surface area contributed by atoms with Crippen molar-refractivity contribution in [3.8, 4) is 0 Å². The van der Waals surface area contributed by atoms with E-state index in [-0.39, 0.29) is 17.3 Å². The standard InChI is InChI=1S/C13H22O3/c1-9(2)11(12(14)15)13(7-16-8-13)10-5-3-4-6-10/h9-11H,3-8H2,1-2H3,(H,14,15). The maximum absolute atomic E-state index is 11.5. The number of rotatable bonds is 4. The lowest BCUT2D eigenvalue weighted by Gasteiger charge is -2.51. The fourth-order valence-corrected chi connectivity index (χ4v) is 3.70. The number of carboxylic acid groups (broad SMARTS) is 1. The highest BCUT2D eigenvalue weighted by molar-refractivity contribution is 5.71. The van der Waals surface area contributed by atoms with Crippen LogP contribution in [0.5, 0.6) is 0 Å². The summed E-state index contributed by atoms with van der Waals surface area (Å²) in [4.78, 5) is 11.5. The van der Waals surface area contributed by atoms with Crippen molar-refractivity contribution in [3.05, 3.63) is 0 Å². The van der Waals surface area contributed by atoms with Crippen LogP contribution in [0.4, 0.5) is 0 Å². The van der Waals surface area contributed by atoms with Gasteiger partial charge in [0.05, 0.1) is 19.1 Å². The van der Waals surface area contributed by atoms with Gasteiger partial charge in [0.15, 0.2) is 0 Å². The third kappa shape index (κ3) is 1.75. The number of hydrogen-bond donors (Lipinski definition) is 1. The molecular formula is C13H22O3. The van der Waals surface area contributed by atoms with E-state index in [0.717, 1.165) is 0 Å². The van der Waals surface area contributed by atoms with Crippen LogP contribution in [-0.4, -0.2) is 24.3 Å². The van der Waals surface area contributed by atoms with E-state index in [1.54, 1.807) is 0 Å². The number of aliphatic carboxylic acids is 1. The fourth-order valence-electron chi connectivity index (χ4n) is 3.70. The van der Waals surface area contributed by atoms with Gasteiger partial charge in [0.25, 0.3) is 0 Å². The molecule has 1 N–H and O–H groups in total. The van der Waals surface area contributed by atoms with E-state index in [2.05, 4.69) is 0 Å². The zero-order valence-corrected chi connectivity index (χ0v) is 10.2. The second kappa shape index (κ2) is 4.36. The molecule has 1 atom stereocenters. The van der Waals surface area contributed by atoms with E-state index in [1.165, 1.54) is 25.7 Å². The molecule has 16 heavy (non-hydrogen) atoms. The first kappa shape index (κ1) is 11.9. The maximum atomic E-state index is 11.5. The minimum atomic E-state index is -0.634. The first-order valence-electron chi connectivity index (χ1n) is 6.38. The minimum absolute atomic E-state index is 0.0590. The molecule has 1 aliphatic heterocycles. The van der Waals surface area contributed by atoms with Gasteiger partial charge in [-0.15, -0.1) is 0 Å². The molecular weight excluding hydrogens is 204 g/mol. The molecule has 0 aromatic carbocycles. The molecule has 3 nitrogen and oxygen atoms in total. The molecule has 0 bridgehead atoms. The van der Waals surface area contributed by atoms with Gasteiger partial charge in [-0.2, -0.15) is 0 Å².